The molecule has 0 aromatic carbocycles. The van der Waals surface area contributed by atoms with E-state index in [1.54, 1.807) is 13.0 Å². The van der Waals surface area contributed by atoms with Crippen LogP contribution in [0.4, 0.5) is 5.95 Å². The molecule has 0 unspecified atom stereocenters. The summed E-state index contributed by atoms with van der Waals surface area (Å²) in [6.07, 6.45) is 3.46. The summed E-state index contributed by atoms with van der Waals surface area (Å²) >= 11 is 0. The summed E-state index contributed by atoms with van der Waals surface area (Å²) in [6, 6.07) is 1.66. The van der Waals surface area contributed by atoms with Gasteiger partial charge in [-0.3, -0.25) is 0 Å². The van der Waals surface area contributed by atoms with Crippen molar-refractivity contribution in [1.82, 2.24) is 19.8 Å². The smallest absolute Gasteiger partial charge is 0.244 e. The van der Waals surface area contributed by atoms with E-state index in [1.165, 1.54) is 12.4 Å². The van der Waals surface area contributed by atoms with Gasteiger partial charge in [-0.15, -0.1) is 0 Å². The highest BCUT2D eigenvalue weighted by Gasteiger charge is 2.15. The summed E-state index contributed by atoms with van der Waals surface area (Å²) in [6.45, 7) is 4.54. The maximum atomic E-state index is 12.1. The summed E-state index contributed by atoms with van der Waals surface area (Å²) in [5.41, 5.74) is 0.512. The molecule has 0 aliphatic heterocycles. The lowest BCUT2D eigenvalue weighted by molar-refractivity contribution is 0.390. The van der Waals surface area contributed by atoms with Gasteiger partial charge >= 0.3 is 0 Å². The first-order valence-electron chi connectivity index (χ1n) is 6.49. The molecule has 0 aliphatic carbocycles. The molecule has 2 aromatic heterocycles. The summed E-state index contributed by atoms with van der Waals surface area (Å²) in [5, 5.41) is 6.69. The summed E-state index contributed by atoms with van der Waals surface area (Å²) in [5.74, 6) is 1.03. The maximum Gasteiger partial charge on any atom is 0.244 e. The first-order valence-corrected chi connectivity index (χ1v) is 7.97. The molecule has 0 amide bonds. The highest BCUT2D eigenvalue weighted by atomic mass is 32.2. The molecule has 2 aromatic rings. The van der Waals surface area contributed by atoms with Crippen LogP contribution in [0.25, 0.3) is 0 Å². The van der Waals surface area contributed by atoms with E-state index >= 15 is 0 Å². The zero-order valence-electron chi connectivity index (χ0n) is 11.8. The summed E-state index contributed by atoms with van der Waals surface area (Å²) in [4.78, 5) is 7.94. The number of hydrogen-bond donors (Lipinski definition) is 2. The SMILES string of the molecule is CCCNc1ncc(S(=O)(=O)NCc2cc(C)on2)cn1. The predicted octanol–water partition coefficient (Wildman–Crippen LogP) is 1.07. The van der Waals surface area contributed by atoms with Crippen LogP contribution in [-0.4, -0.2) is 30.1 Å². The van der Waals surface area contributed by atoms with Gasteiger partial charge in [0.1, 0.15) is 10.7 Å². The topological polar surface area (TPSA) is 110 Å². The fourth-order valence-electron chi connectivity index (χ4n) is 1.54. The van der Waals surface area contributed by atoms with E-state index in [2.05, 4.69) is 25.2 Å². The monoisotopic (exact) mass is 311 g/mol. The van der Waals surface area contributed by atoms with E-state index in [0.717, 1.165) is 13.0 Å². The normalized spacial score (nSPS) is 11.5. The van der Waals surface area contributed by atoms with Crippen LogP contribution in [0.15, 0.2) is 27.9 Å². The first kappa shape index (κ1) is 15.4. The van der Waals surface area contributed by atoms with Crippen LogP contribution in [0.3, 0.4) is 0 Å². The lowest BCUT2D eigenvalue weighted by Gasteiger charge is -2.06. The van der Waals surface area contributed by atoms with Crippen LogP contribution >= 0.6 is 0 Å². The molecule has 2 rings (SSSR count). The van der Waals surface area contributed by atoms with E-state index < -0.39 is 10.0 Å². The summed E-state index contributed by atoms with van der Waals surface area (Å²) in [7, 11) is -3.67. The molecule has 0 bridgehead atoms. The highest BCUT2D eigenvalue weighted by molar-refractivity contribution is 7.89. The van der Waals surface area contributed by atoms with E-state index in [-0.39, 0.29) is 11.4 Å². The van der Waals surface area contributed by atoms with Gasteiger partial charge in [0.15, 0.2) is 0 Å². The summed E-state index contributed by atoms with van der Waals surface area (Å²) < 4.78 is 31.4. The predicted molar refractivity (Wildman–Crippen MR) is 76.1 cm³/mol. The van der Waals surface area contributed by atoms with E-state index in [4.69, 9.17) is 4.52 Å². The van der Waals surface area contributed by atoms with Gasteiger partial charge in [0.05, 0.1) is 24.6 Å². The molecule has 0 saturated carbocycles. The molecule has 0 spiro atoms. The molecular weight excluding hydrogens is 294 g/mol. The van der Waals surface area contributed by atoms with Crippen molar-refractivity contribution in [3.05, 3.63) is 29.9 Å². The maximum absolute atomic E-state index is 12.1. The van der Waals surface area contributed by atoms with Crippen molar-refractivity contribution in [2.45, 2.75) is 31.7 Å². The number of rotatable bonds is 7. The van der Waals surface area contributed by atoms with Crippen molar-refractivity contribution in [3.63, 3.8) is 0 Å². The number of hydrogen-bond acceptors (Lipinski definition) is 7. The highest BCUT2D eigenvalue weighted by Crippen LogP contribution is 2.09. The first-order chi connectivity index (χ1) is 10.0. The molecule has 2 heterocycles. The minimum absolute atomic E-state index is 0.00441. The molecule has 0 aliphatic rings. The average molecular weight is 311 g/mol. The lowest BCUT2D eigenvalue weighted by Crippen LogP contribution is -2.23. The Morgan fingerprint density at radius 2 is 2.00 bits per heavy atom. The second-order valence-electron chi connectivity index (χ2n) is 4.42. The Bertz CT molecular complexity index is 681. The van der Waals surface area contributed by atoms with Gasteiger partial charge in [-0.05, 0) is 13.3 Å². The Morgan fingerprint density at radius 3 is 2.57 bits per heavy atom. The van der Waals surface area contributed by atoms with Crippen molar-refractivity contribution >= 4 is 16.0 Å². The molecule has 0 fully saturated rings. The fourth-order valence-corrected chi connectivity index (χ4v) is 2.42. The van der Waals surface area contributed by atoms with Gasteiger partial charge in [0, 0.05) is 12.6 Å². The minimum atomic E-state index is -3.67. The van der Waals surface area contributed by atoms with E-state index in [9.17, 15) is 8.42 Å². The Balaban J connectivity index is 2.01. The molecule has 8 nitrogen and oxygen atoms in total. The van der Waals surface area contributed by atoms with Gasteiger partial charge in [-0.25, -0.2) is 23.1 Å². The molecule has 0 radical (unpaired) electrons. The van der Waals surface area contributed by atoms with Crippen molar-refractivity contribution in [3.8, 4) is 0 Å². The standard InChI is InChI=1S/C12H17N5O3S/c1-3-4-13-12-14-7-11(8-15-12)21(18,19)16-6-10-5-9(2)20-17-10/h5,7-8,16H,3-4,6H2,1-2H3,(H,13,14,15). The van der Waals surface area contributed by atoms with E-state index in [1.807, 2.05) is 6.92 Å². The fraction of sp³-hybridized carbons (Fsp3) is 0.417. The Hall–Kier alpha value is -2.00. The van der Waals surface area contributed by atoms with Gasteiger partial charge in [0.25, 0.3) is 0 Å². The lowest BCUT2D eigenvalue weighted by atomic mass is 10.4. The van der Waals surface area contributed by atoms with Crippen LogP contribution < -0.4 is 10.0 Å². The van der Waals surface area contributed by atoms with Gasteiger partial charge < -0.3 is 9.84 Å². The molecular formula is C12H17N5O3S. The number of anilines is 1. The van der Waals surface area contributed by atoms with Gasteiger partial charge in [-0.2, -0.15) is 0 Å². The third-order valence-corrected chi connectivity index (χ3v) is 3.95. The second kappa shape index (κ2) is 6.64. The zero-order chi connectivity index (χ0) is 15.3. The van der Waals surface area contributed by atoms with Crippen molar-refractivity contribution in [2.75, 3.05) is 11.9 Å². The number of nitrogens with one attached hydrogen (secondary N) is 2. The molecule has 114 valence electrons. The van der Waals surface area contributed by atoms with Crippen LogP contribution in [0.5, 0.6) is 0 Å². The van der Waals surface area contributed by atoms with Crippen LogP contribution in [0, 0.1) is 6.92 Å². The number of sulfonamides is 1. The molecule has 0 atom stereocenters. The third-order valence-electron chi connectivity index (χ3n) is 2.59. The second-order valence-corrected chi connectivity index (χ2v) is 6.19. The minimum Gasteiger partial charge on any atom is -0.361 e. The molecule has 9 heteroatoms. The van der Waals surface area contributed by atoms with Crippen LogP contribution in [0.1, 0.15) is 24.8 Å². The Kier molecular flexibility index (Phi) is 4.86. The van der Waals surface area contributed by atoms with Gasteiger partial charge in [0.2, 0.25) is 16.0 Å². The Morgan fingerprint density at radius 1 is 1.29 bits per heavy atom. The van der Waals surface area contributed by atoms with Crippen molar-refractivity contribution < 1.29 is 12.9 Å². The van der Waals surface area contributed by atoms with Gasteiger partial charge in [-0.1, -0.05) is 12.1 Å². The average Bonchev–Trinajstić information content (AvgIpc) is 2.89. The molecule has 2 N–H and O–H groups in total. The third kappa shape index (κ3) is 4.23. The number of aromatic nitrogens is 3. The van der Waals surface area contributed by atoms with Crippen LogP contribution in [-0.2, 0) is 16.6 Å². The quantitative estimate of drug-likeness (QED) is 0.787. The van der Waals surface area contributed by atoms with Crippen molar-refractivity contribution in [2.24, 2.45) is 0 Å². The largest absolute Gasteiger partial charge is 0.361 e. The van der Waals surface area contributed by atoms with Crippen LogP contribution in [0.2, 0.25) is 0 Å². The molecule has 0 saturated heterocycles. The number of nitrogens with zero attached hydrogens (tertiary/aromatic N) is 3. The zero-order valence-corrected chi connectivity index (χ0v) is 12.6. The molecule has 21 heavy (non-hydrogen) atoms. The number of aryl methyl sites for hydroxylation is 1. The van der Waals surface area contributed by atoms with E-state index in [0.29, 0.717) is 17.4 Å². The van der Waals surface area contributed by atoms with Crippen molar-refractivity contribution in [1.29, 1.82) is 0 Å². The Labute approximate surface area is 123 Å².